The summed E-state index contributed by atoms with van der Waals surface area (Å²) in [5.74, 6) is -0.211. The number of benzene rings is 1. The lowest BCUT2D eigenvalue weighted by atomic mass is 10.1. The molecule has 0 N–H and O–H groups in total. The highest BCUT2D eigenvalue weighted by atomic mass is 32.1. The number of hydrogen-bond acceptors (Lipinski definition) is 4. The Morgan fingerprint density at radius 1 is 1.17 bits per heavy atom. The van der Waals surface area contributed by atoms with Crippen LogP contribution in [-0.4, -0.2) is 26.9 Å². The molecule has 4 rings (SSSR count). The third-order valence-electron chi connectivity index (χ3n) is 4.47. The topological polar surface area (TPSA) is 38.1 Å². The van der Waals surface area contributed by atoms with E-state index in [4.69, 9.17) is 0 Å². The zero-order chi connectivity index (χ0) is 16.5. The number of fused-ring (bicyclic) bond motifs is 1. The molecule has 1 aliphatic heterocycles. The monoisotopic (exact) mass is 343 g/mol. The van der Waals surface area contributed by atoms with Gasteiger partial charge in [-0.2, -0.15) is 0 Å². The van der Waals surface area contributed by atoms with E-state index in [1.807, 2.05) is 0 Å². The van der Waals surface area contributed by atoms with Crippen LogP contribution < -0.4 is 5.56 Å². The summed E-state index contributed by atoms with van der Waals surface area (Å²) >= 11 is 1.29. The Kier molecular flexibility index (Phi) is 4.16. The fourth-order valence-corrected chi connectivity index (χ4v) is 4.14. The lowest BCUT2D eigenvalue weighted by Crippen LogP contribution is -2.29. The van der Waals surface area contributed by atoms with Gasteiger partial charge in [-0.05, 0) is 67.8 Å². The van der Waals surface area contributed by atoms with E-state index in [1.54, 1.807) is 34.4 Å². The van der Waals surface area contributed by atoms with Crippen molar-refractivity contribution < 1.29 is 4.39 Å². The molecule has 1 fully saturated rings. The van der Waals surface area contributed by atoms with Crippen molar-refractivity contribution in [3.63, 3.8) is 0 Å². The van der Waals surface area contributed by atoms with Gasteiger partial charge in [0.25, 0.3) is 5.56 Å². The van der Waals surface area contributed by atoms with Crippen LogP contribution in [0.1, 0.15) is 24.8 Å². The normalized spacial score (nSPS) is 15.9. The van der Waals surface area contributed by atoms with Crippen LogP contribution in [0.3, 0.4) is 0 Å². The molecule has 0 aliphatic carbocycles. The minimum Gasteiger partial charge on any atom is -0.299 e. The molecule has 1 aliphatic rings. The van der Waals surface area contributed by atoms with Crippen molar-refractivity contribution in [1.82, 2.24) is 13.8 Å². The molecule has 3 heterocycles. The van der Waals surface area contributed by atoms with E-state index in [-0.39, 0.29) is 11.4 Å². The highest BCUT2D eigenvalue weighted by molar-refractivity contribution is 7.13. The van der Waals surface area contributed by atoms with Crippen LogP contribution in [0.5, 0.6) is 0 Å². The summed E-state index contributed by atoms with van der Waals surface area (Å²) in [6, 6.07) is 8.44. The van der Waals surface area contributed by atoms with Gasteiger partial charge < -0.3 is 0 Å². The minimum absolute atomic E-state index is 0.0985. The smallest absolute Gasteiger partial charge is 0.274 e. The van der Waals surface area contributed by atoms with E-state index >= 15 is 0 Å². The summed E-state index contributed by atoms with van der Waals surface area (Å²) in [6.45, 7) is 2.62. The van der Waals surface area contributed by atoms with Crippen molar-refractivity contribution in [2.24, 2.45) is 0 Å². The standard InChI is InChI=1S/C18H18FN3OS/c19-16-7-6-14(11-13(16)12-21-9-2-1-3-10-21)22-18(23)15-5-4-8-20-17(15)24-22/h4-8,11H,1-3,9-10,12H2. The molecular formula is C18H18FN3OS. The molecule has 0 bridgehead atoms. The highest BCUT2D eigenvalue weighted by Crippen LogP contribution is 2.22. The number of halogens is 1. The Morgan fingerprint density at radius 2 is 2.00 bits per heavy atom. The molecule has 4 nitrogen and oxygen atoms in total. The van der Waals surface area contributed by atoms with Crippen LogP contribution in [0.2, 0.25) is 0 Å². The van der Waals surface area contributed by atoms with Gasteiger partial charge in [0, 0.05) is 18.3 Å². The zero-order valence-corrected chi connectivity index (χ0v) is 14.1. The molecule has 1 saturated heterocycles. The van der Waals surface area contributed by atoms with Gasteiger partial charge in [-0.3, -0.25) is 9.69 Å². The van der Waals surface area contributed by atoms with Gasteiger partial charge in [-0.1, -0.05) is 6.42 Å². The number of aromatic nitrogens is 2. The van der Waals surface area contributed by atoms with E-state index < -0.39 is 0 Å². The molecular weight excluding hydrogens is 325 g/mol. The number of hydrogen-bond donors (Lipinski definition) is 0. The fraction of sp³-hybridized carbons (Fsp3) is 0.333. The lowest BCUT2D eigenvalue weighted by molar-refractivity contribution is 0.218. The number of pyridine rings is 1. The van der Waals surface area contributed by atoms with Gasteiger partial charge in [0.15, 0.2) is 0 Å². The molecule has 6 heteroatoms. The maximum atomic E-state index is 14.2. The predicted octanol–water partition coefficient (Wildman–Crippen LogP) is 3.57. The van der Waals surface area contributed by atoms with E-state index in [9.17, 15) is 9.18 Å². The number of nitrogens with zero attached hydrogens (tertiary/aromatic N) is 3. The van der Waals surface area contributed by atoms with Crippen LogP contribution in [0, 0.1) is 5.82 Å². The van der Waals surface area contributed by atoms with Gasteiger partial charge >= 0.3 is 0 Å². The van der Waals surface area contributed by atoms with Crippen LogP contribution in [-0.2, 0) is 6.54 Å². The van der Waals surface area contributed by atoms with Crippen molar-refractivity contribution >= 4 is 21.7 Å². The summed E-state index contributed by atoms with van der Waals surface area (Å²) in [5.41, 5.74) is 1.25. The average Bonchev–Trinajstić information content (AvgIpc) is 2.95. The van der Waals surface area contributed by atoms with E-state index in [0.29, 0.717) is 28.0 Å². The molecule has 0 spiro atoms. The molecule has 24 heavy (non-hydrogen) atoms. The van der Waals surface area contributed by atoms with Gasteiger partial charge in [0.2, 0.25) is 0 Å². The van der Waals surface area contributed by atoms with Crippen LogP contribution >= 0.6 is 11.5 Å². The third-order valence-corrected chi connectivity index (χ3v) is 5.53. The first-order valence-corrected chi connectivity index (χ1v) is 8.98. The highest BCUT2D eigenvalue weighted by Gasteiger charge is 2.15. The molecule has 0 amide bonds. The molecule has 0 unspecified atom stereocenters. The van der Waals surface area contributed by atoms with E-state index in [0.717, 1.165) is 13.1 Å². The summed E-state index contributed by atoms with van der Waals surface area (Å²) < 4.78 is 15.8. The average molecular weight is 343 g/mol. The molecule has 0 radical (unpaired) electrons. The minimum atomic E-state index is -0.211. The zero-order valence-electron chi connectivity index (χ0n) is 13.2. The first kappa shape index (κ1) is 15.5. The molecule has 0 saturated carbocycles. The van der Waals surface area contributed by atoms with Crippen LogP contribution in [0.25, 0.3) is 15.9 Å². The van der Waals surface area contributed by atoms with E-state index in [1.165, 1.54) is 36.9 Å². The van der Waals surface area contributed by atoms with Crippen molar-refractivity contribution in [1.29, 1.82) is 0 Å². The number of piperidine rings is 1. The van der Waals surface area contributed by atoms with Gasteiger partial charge in [-0.15, -0.1) is 0 Å². The summed E-state index contributed by atoms with van der Waals surface area (Å²) in [5, 5.41) is 0.601. The van der Waals surface area contributed by atoms with Crippen molar-refractivity contribution in [2.75, 3.05) is 13.1 Å². The Bertz CT molecular complexity index is 927. The molecule has 3 aromatic rings. The van der Waals surface area contributed by atoms with Crippen molar-refractivity contribution in [2.45, 2.75) is 25.8 Å². The maximum absolute atomic E-state index is 14.2. The summed E-state index contributed by atoms with van der Waals surface area (Å²) in [4.78, 5) is 19.8. The third kappa shape index (κ3) is 2.87. The second-order valence-electron chi connectivity index (χ2n) is 6.16. The second-order valence-corrected chi connectivity index (χ2v) is 7.09. The Balaban J connectivity index is 1.71. The first-order chi connectivity index (χ1) is 11.7. The largest absolute Gasteiger partial charge is 0.299 e. The number of rotatable bonds is 3. The van der Waals surface area contributed by atoms with Crippen LogP contribution in [0.4, 0.5) is 4.39 Å². The van der Waals surface area contributed by atoms with Gasteiger partial charge in [0.05, 0.1) is 11.1 Å². The first-order valence-electron chi connectivity index (χ1n) is 8.20. The Morgan fingerprint density at radius 3 is 2.79 bits per heavy atom. The fourth-order valence-electron chi connectivity index (χ4n) is 3.20. The maximum Gasteiger partial charge on any atom is 0.274 e. The van der Waals surface area contributed by atoms with Gasteiger partial charge in [-0.25, -0.2) is 13.3 Å². The van der Waals surface area contributed by atoms with Gasteiger partial charge in [0.1, 0.15) is 10.6 Å². The van der Waals surface area contributed by atoms with Crippen LogP contribution in [0.15, 0.2) is 41.3 Å². The van der Waals surface area contributed by atoms with Crippen molar-refractivity contribution in [3.8, 4) is 5.69 Å². The molecule has 124 valence electrons. The molecule has 0 atom stereocenters. The molecule has 1 aromatic carbocycles. The Hall–Kier alpha value is -2.05. The lowest BCUT2D eigenvalue weighted by Gasteiger charge is -2.26. The second kappa shape index (κ2) is 6.45. The summed E-state index contributed by atoms with van der Waals surface area (Å²) in [6.07, 6.45) is 5.27. The van der Waals surface area contributed by atoms with Crippen molar-refractivity contribution in [3.05, 3.63) is 58.3 Å². The predicted molar refractivity (Wildman–Crippen MR) is 94.3 cm³/mol. The number of likely N-dealkylation sites (tertiary alicyclic amines) is 1. The quantitative estimate of drug-likeness (QED) is 0.730. The Labute approximate surface area is 143 Å². The SMILES string of the molecule is O=c1c2cccnc2sn1-c1ccc(F)c(CN2CCCCC2)c1. The molecule has 2 aromatic heterocycles. The van der Waals surface area contributed by atoms with E-state index in [2.05, 4.69) is 9.88 Å². The summed E-state index contributed by atoms with van der Waals surface area (Å²) in [7, 11) is 0.